The van der Waals surface area contributed by atoms with Gasteiger partial charge in [0.15, 0.2) is 0 Å². The number of nitrogens with two attached hydrogens (primary N) is 1. The number of hydrogen-bond donors (Lipinski definition) is 2. The fourth-order valence-electron chi connectivity index (χ4n) is 3.98. The number of Topliss-reactive ketones (excluding diaryl/α,β-unsaturated/α-hetero) is 1. The van der Waals surface area contributed by atoms with Crippen molar-refractivity contribution in [2.24, 2.45) is 11.7 Å². The lowest BCUT2D eigenvalue weighted by atomic mass is 9.94. The van der Waals surface area contributed by atoms with Crippen molar-refractivity contribution in [1.82, 2.24) is 4.57 Å². The number of nitrogens with one attached hydrogen (secondary N) is 1. The van der Waals surface area contributed by atoms with Crippen LogP contribution in [0.25, 0.3) is 0 Å². The zero-order chi connectivity index (χ0) is 18.8. The van der Waals surface area contributed by atoms with E-state index in [1.54, 1.807) is 6.26 Å². The van der Waals surface area contributed by atoms with Crippen LogP contribution in [0.1, 0.15) is 47.3 Å². The molecule has 1 aliphatic heterocycles. The molecule has 1 amide bonds. The Morgan fingerprint density at radius 2 is 2.04 bits per heavy atom. The summed E-state index contributed by atoms with van der Waals surface area (Å²) >= 11 is 0. The van der Waals surface area contributed by atoms with Crippen LogP contribution < -0.4 is 10.6 Å². The van der Waals surface area contributed by atoms with E-state index in [1.165, 1.54) is 4.90 Å². The number of nitrogens with zero attached hydrogens (tertiary/aromatic N) is 1. The van der Waals surface area contributed by atoms with Gasteiger partial charge in [-0.1, -0.05) is 0 Å². The summed E-state index contributed by atoms with van der Waals surface area (Å²) in [6.07, 6.45) is 3.19. The highest BCUT2D eigenvalue weighted by atomic mass is 16.3. The van der Waals surface area contributed by atoms with Gasteiger partial charge in [0.1, 0.15) is 11.8 Å². The standard InChI is InChI=1S/C20H27N3O3/c1-13-11-18(14(2)23(13)12-17-5-4-10-26-17)19(24)15(3)22-8-6-16(7-9-22)20(21)25/h4-5,10-11,15-16H,6-9,12H2,1-3H3,(H2,21,25)/p+1/t15-/m1/s1. The molecule has 3 heterocycles. The monoisotopic (exact) mass is 358 g/mol. The van der Waals surface area contributed by atoms with Crippen molar-refractivity contribution in [2.75, 3.05) is 13.1 Å². The first-order valence-corrected chi connectivity index (χ1v) is 9.25. The SMILES string of the molecule is Cc1cc(C(=O)[C@@H](C)[NH+]2CCC(C(N)=O)CC2)c(C)n1Cc1ccco1. The number of rotatable bonds is 6. The number of aromatic nitrogens is 1. The fraction of sp³-hybridized carbons (Fsp3) is 0.500. The molecule has 3 N–H and O–H groups in total. The molecule has 0 spiro atoms. The number of carbonyl (C=O) groups excluding carboxylic acids is 2. The maximum Gasteiger partial charge on any atom is 0.221 e. The summed E-state index contributed by atoms with van der Waals surface area (Å²) < 4.78 is 7.56. The van der Waals surface area contributed by atoms with Crippen LogP contribution in [0.15, 0.2) is 28.9 Å². The first-order valence-electron chi connectivity index (χ1n) is 9.25. The van der Waals surface area contributed by atoms with Gasteiger partial charge in [-0.15, -0.1) is 0 Å². The van der Waals surface area contributed by atoms with Gasteiger partial charge in [0.2, 0.25) is 11.7 Å². The molecule has 0 aromatic carbocycles. The third kappa shape index (κ3) is 3.60. The van der Waals surface area contributed by atoms with Gasteiger partial charge in [-0.05, 0) is 39.0 Å². The molecule has 0 bridgehead atoms. The number of amides is 1. The summed E-state index contributed by atoms with van der Waals surface area (Å²) in [5, 5.41) is 0. The van der Waals surface area contributed by atoms with Gasteiger partial charge in [0.05, 0.1) is 25.9 Å². The van der Waals surface area contributed by atoms with Crippen LogP contribution in [0, 0.1) is 19.8 Å². The molecule has 1 fully saturated rings. The average molecular weight is 358 g/mol. The molecule has 2 aromatic rings. The molecule has 26 heavy (non-hydrogen) atoms. The number of primary amides is 1. The number of carbonyl (C=O) groups is 2. The van der Waals surface area contributed by atoms with Crippen molar-refractivity contribution in [2.45, 2.75) is 46.2 Å². The Kier molecular flexibility index (Phi) is 5.32. The summed E-state index contributed by atoms with van der Waals surface area (Å²) in [5.41, 5.74) is 8.22. The molecule has 140 valence electrons. The van der Waals surface area contributed by atoms with Crippen LogP contribution >= 0.6 is 0 Å². The minimum atomic E-state index is -0.218. The average Bonchev–Trinajstić information content (AvgIpc) is 3.24. The number of piperidine rings is 1. The summed E-state index contributed by atoms with van der Waals surface area (Å²) in [4.78, 5) is 25.7. The molecular formula is C20H28N3O3+. The molecule has 1 atom stereocenters. The lowest BCUT2D eigenvalue weighted by Crippen LogP contribution is -3.17. The van der Waals surface area contributed by atoms with Gasteiger partial charge >= 0.3 is 0 Å². The normalized spacial score (nSPS) is 21.5. The van der Waals surface area contributed by atoms with E-state index in [1.807, 2.05) is 39.0 Å². The second-order valence-electron chi connectivity index (χ2n) is 7.37. The topological polar surface area (TPSA) is 82.7 Å². The molecule has 6 heteroatoms. The molecule has 1 saturated heterocycles. The Labute approximate surface area is 153 Å². The van der Waals surface area contributed by atoms with Crippen molar-refractivity contribution < 1.29 is 18.9 Å². The van der Waals surface area contributed by atoms with Crippen LogP contribution in [0.5, 0.6) is 0 Å². The molecule has 0 radical (unpaired) electrons. The van der Waals surface area contributed by atoms with Crippen molar-refractivity contribution in [3.63, 3.8) is 0 Å². The highest BCUT2D eigenvalue weighted by Crippen LogP contribution is 2.19. The Morgan fingerprint density at radius 3 is 2.62 bits per heavy atom. The Balaban J connectivity index is 1.72. The van der Waals surface area contributed by atoms with E-state index >= 15 is 0 Å². The third-order valence-electron chi connectivity index (χ3n) is 5.77. The van der Waals surface area contributed by atoms with E-state index in [4.69, 9.17) is 10.2 Å². The second kappa shape index (κ2) is 7.50. The first kappa shape index (κ1) is 18.5. The molecule has 0 aliphatic carbocycles. The summed E-state index contributed by atoms with van der Waals surface area (Å²) in [7, 11) is 0. The molecule has 6 nitrogen and oxygen atoms in total. The van der Waals surface area contributed by atoms with Gasteiger partial charge in [0.25, 0.3) is 0 Å². The minimum Gasteiger partial charge on any atom is -0.467 e. The van der Waals surface area contributed by atoms with Gasteiger partial charge in [-0.2, -0.15) is 0 Å². The number of ketones is 1. The van der Waals surface area contributed by atoms with Crippen LogP contribution in [-0.2, 0) is 11.3 Å². The van der Waals surface area contributed by atoms with Gasteiger partial charge in [0, 0.05) is 35.7 Å². The number of aryl methyl sites for hydroxylation is 1. The third-order valence-corrected chi connectivity index (χ3v) is 5.77. The van der Waals surface area contributed by atoms with Crippen molar-refractivity contribution in [3.05, 3.63) is 47.2 Å². The van der Waals surface area contributed by atoms with Crippen LogP contribution in [0.2, 0.25) is 0 Å². The largest absolute Gasteiger partial charge is 0.467 e. The van der Waals surface area contributed by atoms with Crippen molar-refractivity contribution in [1.29, 1.82) is 0 Å². The van der Waals surface area contributed by atoms with Crippen LogP contribution in [0.4, 0.5) is 0 Å². The summed E-state index contributed by atoms with van der Waals surface area (Å²) in [6, 6.07) is 5.67. The Morgan fingerprint density at radius 1 is 1.35 bits per heavy atom. The van der Waals surface area contributed by atoms with Crippen molar-refractivity contribution in [3.8, 4) is 0 Å². The summed E-state index contributed by atoms with van der Waals surface area (Å²) in [5.74, 6) is 0.776. The van der Waals surface area contributed by atoms with Crippen molar-refractivity contribution >= 4 is 11.7 Å². The fourth-order valence-corrected chi connectivity index (χ4v) is 3.98. The Bertz CT molecular complexity index is 784. The number of hydrogen-bond acceptors (Lipinski definition) is 3. The first-order chi connectivity index (χ1) is 12.4. The zero-order valence-electron chi connectivity index (χ0n) is 15.7. The lowest BCUT2D eigenvalue weighted by Gasteiger charge is -2.31. The predicted octanol–water partition coefficient (Wildman–Crippen LogP) is 1.10. The molecule has 2 aromatic heterocycles. The molecule has 3 rings (SSSR count). The predicted molar refractivity (Wildman–Crippen MR) is 98.1 cm³/mol. The number of quaternary nitrogens is 1. The van der Waals surface area contributed by atoms with E-state index in [2.05, 4.69) is 4.57 Å². The molecule has 1 aliphatic rings. The van der Waals surface area contributed by atoms with E-state index in [-0.39, 0.29) is 23.7 Å². The van der Waals surface area contributed by atoms with Gasteiger partial charge in [-0.25, -0.2) is 0 Å². The summed E-state index contributed by atoms with van der Waals surface area (Å²) in [6.45, 7) is 8.24. The highest BCUT2D eigenvalue weighted by Gasteiger charge is 2.33. The minimum absolute atomic E-state index is 0.0422. The zero-order valence-corrected chi connectivity index (χ0v) is 15.7. The lowest BCUT2D eigenvalue weighted by molar-refractivity contribution is -0.919. The van der Waals surface area contributed by atoms with Crippen LogP contribution in [-0.4, -0.2) is 35.4 Å². The van der Waals surface area contributed by atoms with E-state index < -0.39 is 0 Å². The van der Waals surface area contributed by atoms with E-state index in [9.17, 15) is 9.59 Å². The van der Waals surface area contributed by atoms with Crippen LogP contribution in [0.3, 0.4) is 0 Å². The van der Waals surface area contributed by atoms with E-state index in [0.29, 0.717) is 6.54 Å². The molecule has 0 unspecified atom stereocenters. The number of likely N-dealkylation sites (tertiary alicyclic amines) is 1. The Hall–Kier alpha value is -2.34. The molecular weight excluding hydrogens is 330 g/mol. The van der Waals surface area contributed by atoms with Gasteiger partial charge < -0.3 is 19.6 Å². The smallest absolute Gasteiger partial charge is 0.221 e. The molecule has 0 saturated carbocycles. The number of furan rings is 1. The second-order valence-corrected chi connectivity index (χ2v) is 7.37. The maximum atomic E-state index is 13.1. The maximum absolute atomic E-state index is 13.1. The highest BCUT2D eigenvalue weighted by molar-refractivity contribution is 6.00. The van der Waals surface area contributed by atoms with Gasteiger partial charge in [-0.3, -0.25) is 9.59 Å². The van der Waals surface area contributed by atoms with E-state index in [0.717, 1.165) is 48.6 Å². The quantitative estimate of drug-likeness (QED) is 0.759.